The second-order valence-corrected chi connectivity index (χ2v) is 8.89. The minimum atomic E-state index is 0.141. The smallest absolute Gasteiger partial charge is 0.242 e. The number of halogens is 1. The van der Waals surface area contributed by atoms with Gasteiger partial charge in [-0.1, -0.05) is 23.7 Å². The van der Waals surface area contributed by atoms with Crippen molar-refractivity contribution in [3.63, 3.8) is 0 Å². The minimum Gasteiger partial charge on any atom is -0.357 e. The van der Waals surface area contributed by atoms with Crippen molar-refractivity contribution in [2.75, 3.05) is 72.5 Å². The molecule has 1 N–H and O–H groups in total. The zero-order chi connectivity index (χ0) is 22.1. The van der Waals surface area contributed by atoms with E-state index >= 15 is 0 Å². The average molecular weight is 449 g/mol. The maximum atomic E-state index is 12.7. The molecule has 0 bridgehead atoms. The molecule has 7 nitrogen and oxygen atoms in total. The Morgan fingerprint density at radius 3 is 2.48 bits per heavy atom. The average Bonchev–Trinajstić information content (AvgIpc) is 2.77. The highest BCUT2D eigenvalue weighted by Gasteiger charge is 2.26. The van der Waals surface area contributed by atoms with E-state index in [9.17, 15) is 4.79 Å². The third kappa shape index (κ3) is 7.66. The van der Waals surface area contributed by atoms with Crippen LogP contribution in [-0.2, 0) is 11.3 Å². The number of benzene rings is 1. The number of rotatable bonds is 8. The molecule has 2 heterocycles. The van der Waals surface area contributed by atoms with Crippen molar-refractivity contribution >= 4 is 23.5 Å². The number of carbonyl (C=O) groups is 1. The molecular formula is C23H37ClN6O. The number of unbranched alkanes of at least 4 members (excludes halogenated alkanes) is 1. The molecule has 0 unspecified atom stereocenters. The minimum absolute atomic E-state index is 0.141. The standard InChI is InChI=1S/C23H37ClN6O/c1-3-25-23(26-10-4-5-11-28-14-12-27(2)13-15-28)30-17-16-29(22(31)19-30)18-20-6-8-21(24)9-7-20/h6-9H,3-5,10-19H2,1-2H3,(H,25,26). The van der Waals surface area contributed by atoms with Crippen LogP contribution in [-0.4, -0.2) is 104 Å². The van der Waals surface area contributed by atoms with Crippen LogP contribution in [0.15, 0.2) is 29.3 Å². The molecule has 0 saturated carbocycles. The van der Waals surface area contributed by atoms with E-state index in [-0.39, 0.29) is 5.91 Å². The van der Waals surface area contributed by atoms with Gasteiger partial charge < -0.3 is 24.9 Å². The molecule has 31 heavy (non-hydrogen) atoms. The van der Waals surface area contributed by atoms with E-state index in [0.717, 1.165) is 49.1 Å². The van der Waals surface area contributed by atoms with Crippen molar-refractivity contribution in [2.45, 2.75) is 26.3 Å². The number of amides is 1. The summed E-state index contributed by atoms with van der Waals surface area (Å²) in [5.74, 6) is 1.00. The van der Waals surface area contributed by atoms with Crippen molar-refractivity contribution in [3.05, 3.63) is 34.9 Å². The van der Waals surface area contributed by atoms with Gasteiger partial charge in [-0.25, -0.2) is 0 Å². The Labute approximate surface area is 192 Å². The van der Waals surface area contributed by atoms with Gasteiger partial charge in [0.2, 0.25) is 5.91 Å². The number of piperazine rings is 2. The first-order chi connectivity index (χ1) is 15.0. The molecule has 0 spiro atoms. The lowest BCUT2D eigenvalue weighted by Crippen LogP contribution is -2.55. The number of guanidine groups is 1. The van der Waals surface area contributed by atoms with Crippen LogP contribution in [0.4, 0.5) is 0 Å². The van der Waals surface area contributed by atoms with Gasteiger partial charge in [0.15, 0.2) is 5.96 Å². The first-order valence-corrected chi connectivity index (χ1v) is 11.9. The highest BCUT2D eigenvalue weighted by atomic mass is 35.5. The maximum Gasteiger partial charge on any atom is 0.242 e. The summed E-state index contributed by atoms with van der Waals surface area (Å²) in [6.07, 6.45) is 2.24. The van der Waals surface area contributed by atoms with Gasteiger partial charge in [0.25, 0.3) is 0 Å². The van der Waals surface area contributed by atoms with Crippen LogP contribution < -0.4 is 5.32 Å². The van der Waals surface area contributed by atoms with E-state index in [0.29, 0.717) is 19.6 Å². The number of nitrogens with one attached hydrogen (secondary N) is 1. The lowest BCUT2D eigenvalue weighted by atomic mass is 10.2. The van der Waals surface area contributed by atoms with Crippen LogP contribution >= 0.6 is 11.6 Å². The van der Waals surface area contributed by atoms with Crippen molar-refractivity contribution in [1.82, 2.24) is 24.9 Å². The molecule has 3 rings (SSSR count). The van der Waals surface area contributed by atoms with E-state index in [1.165, 1.54) is 32.6 Å². The lowest BCUT2D eigenvalue weighted by molar-refractivity contribution is -0.135. The van der Waals surface area contributed by atoms with Crippen molar-refractivity contribution in [1.29, 1.82) is 0 Å². The van der Waals surface area contributed by atoms with Crippen LogP contribution in [0.5, 0.6) is 0 Å². The predicted octanol–water partition coefficient (Wildman–Crippen LogP) is 1.98. The van der Waals surface area contributed by atoms with Crippen LogP contribution in [0, 0.1) is 0 Å². The van der Waals surface area contributed by atoms with Crippen LogP contribution in [0.1, 0.15) is 25.3 Å². The largest absolute Gasteiger partial charge is 0.357 e. The van der Waals surface area contributed by atoms with Gasteiger partial charge in [0, 0.05) is 63.9 Å². The quantitative estimate of drug-likeness (QED) is 0.374. The molecule has 172 valence electrons. The Morgan fingerprint density at radius 1 is 1.06 bits per heavy atom. The van der Waals surface area contributed by atoms with Crippen LogP contribution in [0.25, 0.3) is 0 Å². The van der Waals surface area contributed by atoms with Gasteiger partial charge in [-0.3, -0.25) is 9.79 Å². The first kappa shape index (κ1) is 23.8. The molecule has 8 heteroatoms. The van der Waals surface area contributed by atoms with Gasteiger partial charge in [-0.05, 0) is 51.1 Å². The van der Waals surface area contributed by atoms with Crippen LogP contribution in [0.3, 0.4) is 0 Å². The molecule has 0 radical (unpaired) electrons. The maximum absolute atomic E-state index is 12.7. The summed E-state index contributed by atoms with van der Waals surface area (Å²) in [5.41, 5.74) is 1.10. The Morgan fingerprint density at radius 2 is 1.81 bits per heavy atom. The van der Waals surface area contributed by atoms with E-state index in [4.69, 9.17) is 16.6 Å². The summed E-state index contributed by atoms with van der Waals surface area (Å²) in [6.45, 7) is 12.0. The molecular weight excluding hydrogens is 412 g/mol. The topological polar surface area (TPSA) is 54.4 Å². The second-order valence-electron chi connectivity index (χ2n) is 8.45. The zero-order valence-electron chi connectivity index (χ0n) is 19.0. The molecule has 1 aromatic rings. The summed E-state index contributed by atoms with van der Waals surface area (Å²) >= 11 is 5.96. The highest BCUT2D eigenvalue weighted by Crippen LogP contribution is 2.14. The van der Waals surface area contributed by atoms with E-state index in [1.807, 2.05) is 29.2 Å². The highest BCUT2D eigenvalue weighted by molar-refractivity contribution is 6.30. The van der Waals surface area contributed by atoms with Crippen molar-refractivity contribution in [2.24, 2.45) is 4.99 Å². The van der Waals surface area contributed by atoms with Gasteiger partial charge in [0.1, 0.15) is 0 Å². The summed E-state index contributed by atoms with van der Waals surface area (Å²) in [5, 5.41) is 4.08. The fourth-order valence-electron chi connectivity index (χ4n) is 4.00. The molecule has 1 amide bonds. The van der Waals surface area contributed by atoms with Crippen molar-refractivity contribution in [3.8, 4) is 0 Å². The fraction of sp³-hybridized carbons (Fsp3) is 0.652. The van der Waals surface area contributed by atoms with Gasteiger partial charge >= 0.3 is 0 Å². The van der Waals surface area contributed by atoms with E-state index in [1.54, 1.807) is 0 Å². The third-order valence-corrected chi connectivity index (χ3v) is 6.23. The number of nitrogens with zero attached hydrogens (tertiary/aromatic N) is 5. The molecule has 2 aliphatic rings. The third-order valence-electron chi connectivity index (χ3n) is 5.98. The monoisotopic (exact) mass is 448 g/mol. The molecule has 2 saturated heterocycles. The molecule has 0 aliphatic carbocycles. The summed E-state index contributed by atoms with van der Waals surface area (Å²) in [7, 11) is 2.19. The Balaban J connectivity index is 1.43. The summed E-state index contributed by atoms with van der Waals surface area (Å²) in [4.78, 5) is 26.5. The lowest BCUT2D eigenvalue weighted by Gasteiger charge is -2.36. The van der Waals surface area contributed by atoms with Gasteiger partial charge in [0.05, 0.1) is 6.54 Å². The van der Waals surface area contributed by atoms with Crippen molar-refractivity contribution < 1.29 is 4.79 Å². The Hall–Kier alpha value is -1.83. The van der Waals surface area contributed by atoms with Gasteiger partial charge in [-0.15, -0.1) is 0 Å². The van der Waals surface area contributed by atoms with E-state index in [2.05, 4.69) is 34.0 Å². The number of aliphatic imine (C=N–C) groups is 1. The number of hydrogen-bond donors (Lipinski definition) is 1. The normalized spacial score (nSPS) is 19.2. The SMILES string of the molecule is CCNC(=NCCCCN1CCN(C)CC1)N1CCN(Cc2ccc(Cl)cc2)C(=O)C1. The first-order valence-electron chi connectivity index (χ1n) is 11.5. The second kappa shape index (κ2) is 12.3. The molecule has 1 aromatic carbocycles. The van der Waals surface area contributed by atoms with E-state index < -0.39 is 0 Å². The number of hydrogen-bond acceptors (Lipinski definition) is 4. The molecule has 2 fully saturated rings. The predicted molar refractivity (Wildman–Crippen MR) is 128 cm³/mol. The summed E-state index contributed by atoms with van der Waals surface area (Å²) < 4.78 is 0. The summed E-state index contributed by atoms with van der Waals surface area (Å²) in [6, 6.07) is 7.71. The molecule has 0 aromatic heterocycles. The van der Waals surface area contributed by atoms with Gasteiger partial charge in [-0.2, -0.15) is 0 Å². The Bertz CT molecular complexity index is 717. The zero-order valence-corrected chi connectivity index (χ0v) is 19.8. The van der Waals surface area contributed by atoms with Crippen LogP contribution in [0.2, 0.25) is 5.02 Å². The molecule has 0 atom stereocenters. The fourth-order valence-corrected chi connectivity index (χ4v) is 4.12. The molecule has 2 aliphatic heterocycles. The Kier molecular flexibility index (Phi) is 9.43. The number of likely N-dealkylation sites (N-methyl/N-ethyl adjacent to an activating group) is 1. The number of carbonyl (C=O) groups excluding carboxylic acids is 1.